The number of thioether (sulfide) groups is 1. The molecule has 0 bridgehead atoms. The van der Waals surface area contributed by atoms with E-state index >= 15 is 0 Å². The monoisotopic (exact) mass is 215 g/mol. The van der Waals surface area contributed by atoms with E-state index in [0.717, 1.165) is 16.8 Å². The molecule has 1 aromatic rings. The van der Waals surface area contributed by atoms with Gasteiger partial charge in [0.25, 0.3) is 0 Å². The summed E-state index contributed by atoms with van der Waals surface area (Å²) < 4.78 is 1.75. The van der Waals surface area contributed by atoms with E-state index in [2.05, 4.69) is 29.4 Å². The van der Waals surface area contributed by atoms with Gasteiger partial charge in [0, 0.05) is 12.3 Å². The second-order valence-electron chi connectivity index (χ2n) is 3.50. The highest BCUT2D eigenvalue weighted by molar-refractivity contribution is 7.99. The van der Waals surface area contributed by atoms with Gasteiger partial charge < -0.3 is 5.73 Å². The molecule has 1 rings (SSSR count). The Balaban J connectivity index is 2.37. The van der Waals surface area contributed by atoms with Crippen LogP contribution in [0.2, 0.25) is 0 Å². The molecule has 0 saturated carbocycles. The number of hydrogen-bond acceptors (Lipinski definition) is 5. The normalized spacial score (nSPS) is 11.1. The van der Waals surface area contributed by atoms with Crippen molar-refractivity contribution in [2.24, 2.45) is 11.7 Å². The van der Waals surface area contributed by atoms with Crippen LogP contribution >= 0.6 is 11.8 Å². The van der Waals surface area contributed by atoms with Crippen LogP contribution in [0.25, 0.3) is 0 Å². The molecule has 0 saturated heterocycles. The maximum absolute atomic E-state index is 5.44. The number of rotatable bonds is 6. The molecule has 0 aliphatic carbocycles. The quantitative estimate of drug-likeness (QED) is 0.710. The molecule has 0 unspecified atom stereocenters. The molecule has 5 nitrogen and oxygen atoms in total. The van der Waals surface area contributed by atoms with Gasteiger partial charge in [-0.2, -0.15) is 0 Å². The number of nitrogens with two attached hydrogens (primary N) is 1. The van der Waals surface area contributed by atoms with Crippen LogP contribution < -0.4 is 5.73 Å². The Labute approximate surface area is 88.4 Å². The fourth-order valence-electron chi connectivity index (χ4n) is 0.948. The van der Waals surface area contributed by atoms with E-state index in [1.807, 2.05) is 0 Å². The van der Waals surface area contributed by atoms with Gasteiger partial charge in [-0.15, -0.1) is 5.10 Å². The van der Waals surface area contributed by atoms with Gasteiger partial charge >= 0.3 is 0 Å². The molecule has 14 heavy (non-hydrogen) atoms. The summed E-state index contributed by atoms with van der Waals surface area (Å²) in [6, 6.07) is 0. The van der Waals surface area contributed by atoms with Gasteiger partial charge in [0.05, 0.1) is 6.54 Å². The Kier molecular flexibility index (Phi) is 4.89. The Morgan fingerprint density at radius 1 is 1.50 bits per heavy atom. The van der Waals surface area contributed by atoms with Gasteiger partial charge in [0.15, 0.2) is 0 Å². The van der Waals surface area contributed by atoms with Crippen molar-refractivity contribution in [1.29, 1.82) is 0 Å². The fourth-order valence-corrected chi connectivity index (χ4v) is 2.09. The van der Waals surface area contributed by atoms with Crippen LogP contribution in [-0.2, 0) is 6.54 Å². The van der Waals surface area contributed by atoms with Gasteiger partial charge in [-0.25, -0.2) is 4.68 Å². The van der Waals surface area contributed by atoms with Crippen molar-refractivity contribution >= 4 is 11.8 Å². The molecule has 0 atom stereocenters. The highest BCUT2D eigenvalue weighted by atomic mass is 32.2. The van der Waals surface area contributed by atoms with Crippen molar-refractivity contribution in [3.05, 3.63) is 0 Å². The lowest BCUT2D eigenvalue weighted by Gasteiger charge is -2.04. The summed E-state index contributed by atoms with van der Waals surface area (Å²) >= 11 is 1.69. The molecule has 0 aliphatic rings. The number of tetrazole rings is 1. The van der Waals surface area contributed by atoms with E-state index in [0.29, 0.717) is 13.1 Å². The summed E-state index contributed by atoms with van der Waals surface area (Å²) in [6.45, 7) is 5.69. The summed E-state index contributed by atoms with van der Waals surface area (Å²) in [4.78, 5) is 0. The van der Waals surface area contributed by atoms with Crippen LogP contribution in [0.15, 0.2) is 5.16 Å². The topological polar surface area (TPSA) is 69.6 Å². The minimum atomic E-state index is 0.572. The molecule has 0 spiro atoms. The zero-order valence-electron chi connectivity index (χ0n) is 8.68. The lowest BCUT2D eigenvalue weighted by atomic mass is 10.2. The SMILES string of the molecule is CC(C)CCSc1nnnn1CCN. The molecule has 1 aromatic heterocycles. The first-order valence-corrected chi connectivity index (χ1v) is 5.81. The average molecular weight is 215 g/mol. The summed E-state index contributed by atoms with van der Waals surface area (Å²) in [5, 5.41) is 12.3. The Bertz CT molecular complexity index is 260. The summed E-state index contributed by atoms with van der Waals surface area (Å²) in [6.07, 6.45) is 1.18. The predicted octanol–water partition coefficient (Wildman–Crippen LogP) is 0.770. The summed E-state index contributed by atoms with van der Waals surface area (Å²) in [7, 11) is 0. The van der Waals surface area contributed by atoms with Gasteiger partial charge in [0.1, 0.15) is 0 Å². The molecule has 0 amide bonds. The van der Waals surface area contributed by atoms with E-state index in [1.165, 1.54) is 6.42 Å². The molecule has 0 aromatic carbocycles. The molecule has 1 heterocycles. The standard InChI is InChI=1S/C8H17N5S/c1-7(2)3-6-14-8-10-11-12-13(8)5-4-9/h7H,3-6,9H2,1-2H3. The first-order chi connectivity index (χ1) is 6.74. The zero-order chi connectivity index (χ0) is 10.4. The Morgan fingerprint density at radius 3 is 2.93 bits per heavy atom. The van der Waals surface area contributed by atoms with Crippen LogP contribution in [0.4, 0.5) is 0 Å². The van der Waals surface area contributed by atoms with E-state index in [4.69, 9.17) is 5.73 Å². The van der Waals surface area contributed by atoms with E-state index in [9.17, 15) is 0 Å². The Hall–Kier alpha value is -0.620. The minimum absolute atomic E-state index is 0.572. The summed E-state index contributed by atoms with van der Waals surface area (Å²) in [5.41, 5.74) is 5.44. The average Bonchev–Trinajstić information content (AvgIpc) is 2.53. The van der Waals surface area contributed by atoms with Gasteiger partial charge in [-0.1, -0.05) is 25.6 Å². The van der Waals surface area contributed by atoms with Crippen LogP contribution in [0, 0.1) is 5.92 Å². The number of hydrogen-bond donors (Lipinski definition) is 1. The largest absolute Gasteiger partial charge is 0.329 e. The van der Waals surface area contributed by atoms with Crippen LogP contribution in [0.3, 0.4) is 0 Å². The molecule has 0 aliphatic heterocycles. The predicted molar refractivity (Wildman–Crippen MR) is 57.1 cm³/mol. The lowest BCUT2D eigenvalue weighted by molar-refractivity contribution is 0.556. The van der Waals surface area contributed by atoms with Crippen molar-refractivity contribution < 1.29 is 0 Å². The van der Waals surface area contributed by atoms with E-state index in [1.54, 1.807) is 16.4 Å². The molecular formula is C8H17N5S. The van der Waals surface area contributed by atoms with Crippen LogP contribution in [-0.4, -0.2) is 32.5 Å². The summed E-state index contributed by atoms with van der Waals surface area (Å²) in [5.74, 6) is 1.78. The number of nitrogens with zero attached hydrogens (tertiary/aromatic N) is 4. The third-order valence-corrected chi connectivity index (χ3v) is 2.76. The second-order valence-corrected chi connectivity index (χ2v) is 4.57. The molecule has 80 valence electrons. The lowest BCUT2D eigenvalue weighted by Crippen LogP contribution is -2.12. The van der Waals surface area contributed by atoms with Gasteiger partial charge in [-0.3, -0.25) is 0 Å². The maximum Gasteiger partial charge on any atom is 0.209 e. The first-order valence-electron chi connectivity index (χ1n) is 4.83. The fraction of sp³-hybridized carbons (Fsp3) is 0.875. The zero-order valence-corrected chi connectivity index (χ0v) is 9.50. The first kappa shape index (κ1) is 11.5. The van der Waals surface area contributed by atoms with Gasteiger partial charge in [0.2, 0.25) is 5.16 Å². The third-order valence-electron chi connectivity index (χ3n) is 1.77. The molecule has 6 heteroatoms. The molecule has 0 radical (unpaired) electrons. The number of aromatic nitrogens is 4. The molecule has 2 N–H and O–H groups in total. The van der Waals surface area contributed by atoms with Gasteiger partial charge in [-0.05, 0) is 22.8 Å². The van der Waals surface area contributed by atoms with E-state index < -0.39 is 0 Å². The van der Waals surface area contributed by atoms with Crippen LogP contribution in [0.5, 0.6) is 0 Å². The van der Waals surface area contributed by atoms with Crippen molar-refractivity contribution in [2.75, 3.05) is 12.3 Å². The van der Waals surface area contributed by atoms with E-state index in [-0.39, 0.29) is 0 Å². The van der Waals surface area contributed by atoms with Crippen molar-refractivity contribution in [1.82, 2.24) is 20.2 Å². The third kappa shape index (κ3) is 3.63. The van der Waals surface area contributed by atoms with Crippen molar-refractivity contribution in [2.45, 2.75) is 32.0 Å². The molecular weight excluding hydrogens is 198 g/mol. The molecule has 0 fully saturated rings. The smallest absolute Gasteiger partial charge is 0.209 e. The Morgan fingerprint density at radius 2 is 2.29 bits per heavy atom. The second kappa shape index (κ2) is 5.98. The maximum atomic E-state index is 5.44. The highest BCUT2D eigenvalue weighted by Gasteiger charge is 2.05. The van der Waals surface area contributed by atoms with Crippen molar-refractivity contribution in [3.63, 3.8) is 0 Å². The minimum Gasteiger partial charge on any atom is -0.329 e. The highest BCUT2D eigenvalue weighted by Crippen LogP contribution is 2.16. The van der Waals surface area contributed by atoms with Crippen molar-refractivity contribution in [3.8, 4) is 0 Å². The van der Waals surface area contributed by atoms with Crippen LogP contribution in [0.1, 0.15) is 20.3 Å².